The highest BCUT2D eigenvalue weighted by molar-refractivity contribution is 5.80. The molecule has 4 N–H and O–H groups in total. The fourth-order valence-electron chi connectivity index (χ4n) is 16.3. The lowest BCUT2D eigenvalue weighted by atomic mass is 9.54. The van der Waals surface area contributed by atoms with Gasteiger partial charge in [-0.25, -0.2) is 0 Å². The molecule has 9 aliphatic carbocycles. The molecule has 2 heterocycles. The standard InChI is InChI=1S/C16H26O2.2C14H20O4.C12H22O2.2C10H14O.2C8H16O3/c1-4-15(2,3)14(17)18-16-8-11-5-12(9-16)7-13(6-11)10-16;2*1-4-14(2,3)13(16)18-10-7-5-8-9(6-7)12(15)17-11(8)10;1-4-12(2,3)11(13)14-10-8-6-5-7-9-10;2*1-3-8(2)9-4-6-10(11)7-5-9;2*1-4-8(2,3)7(10)11-6-5-9/h11-13H,4-10H2,1-3H3;2*7-11H,4-6H2,1-3H3;10H,4-9H2,1-3H3;2*4-8,11H,3H2,1-2H3;2*9H,4-6H2,1-3H3. The van der Waals surface area contributed by atoms with Crippen LogP contribution in [0.15, 0.2) is 48.5 Å². The maximum Gasteiger partial charge on any atom is 0.312 e. The van der Waals surface area contributed by atoms with Crippen molar-refractivity contribution in [2.24, 2.45) is 85.8 Å². The Labute approximate surface area is 672 Å². The number of carbonyl (C=O) groups is 8. The largest absolute Gasteiger partial charge is 0.508 e. The van der Waals surface area contributed by atoms with Crippen molar-refractivity contribution < 1.29 is 96.7 Å². The monoisotopic (exact) mass is 1570 g/mol. The van der Waals surface area contributed by atoms with Crippen molar-refractivity contribution in [1.29, 1.82) is 0 Å². The number of aromatic hydroxyl groups is 2. The molecule has 13 rings (SSSR count). The molecule has 12 atom stereocenters. The first-order valence-electron chi connectivity index (χ1n) is 42.8. The molecule has 2 aliphatic heterocycles. The van der Waals surface area contributed by atoms with Crippen LogP contribution in [0, 0.1) is 85.8 Å². The second kappa shape index (κ2) is 42.5. The van der Waals surface area contributed by atoms with E-state index >= 15 is 0 Å². The van der Waals surface area contributed by atoms with Crippen LogP contribution in [0.1, 0.15) is 323 Å². The molecule has 20 heteroatoms. The molecular formula is C92H148O20. The van der Waals surface area contributed by atoms with E-state index in [-0.39, 0.29) is 133 Å². The van der Waals surface area contributed by atoms with Gasteiger partial charge in [0, 0.05) is 23.7 Å². The molecule has 0 radical (unpaired) electrons. The summed E-state index contributed by atoms with van der Waals surface area (Å²) in [6, 6.07) is 14.9. The van der Waals surface area contributed by atoms with E-state index in [1.165, 1.54) is 49.7 Å². The van der Waals surface area contributed by atoms with Crippen molar-refractivity contribution in [3.8, 4) is 11.5 Å². The fourth-order valence-corrected chi connectivity index (χ4v) is 16.3. The molecule has 0 spiro atoms. The van der Waals surface area contributed by atoms with E-state index in [1.807, 2.05) is 142 Å². The number of carbonyl (C=O) groups excluding carboxylic acids is 8. The third kappa shape index (κ3) is 26.4. The normalized spacial score (nSPS) is 27.1. The zero-order valence-electron chi connectivity index (χ0n) is 72.8. The first-order chi connectivity index (χ1) is 52.4. The molecule has 112 heavy (non-hydrogen) atoms. The minimum Gasteiger partial charge on any atom is -0.508 e. The van der Waals surface area contributed by atoms with Gasteiger partial charge in [-0.15, -0.1) is 0 Å². The van der Waals surface area contributed by atoms with Gasteiger partial charge in [0.2, 0.25) is 0 Å². The van der Waals surface area contributed by atoms with Crippen LogP contribution in [0.2, 0.25) is 0 Å². The number of aliphatic hydroxyl groups is 2. The van der Waals surface area contributed by atoms with E-state index in [2.05, 4.69) is 34.6 Å². The maximum absolute atomic E-state index is 12.4. The van der Waals surface area contributed by atoms with Crippen LogP contribution in [0.25, 0.3) is 0 Å². The number of rotatable bonds is 24. The van der Waals surface area contributed by atoms with Gasteiger partial charge in [-0.1, -0.05) is 99.9 Å². The second-order valence-electron chi connectivity index (χ2n) is 37.6. The SMILES string of the molecule is CCC(C)(C)C(=O)OC12CC3CC(CC(C3)C1)C2.CCC(C)(C)C(=O)OC1C2CC3C(=O)OC1C3C2.CCC(C)(C)C(=O)OC1C2CC3C(=O)OC1C3C2.CCC(C)(C)C(=O)OC1CCCCC1.CCC(C)(C)C(=O)OCCO.CCC(C)(C)C(=O)OCCO.CCC(C)c1ccc(O)cc1.CCC(C)c1ccc(O)cc1. The Kier molecular flexibility index (Phi) is 36.6. The van der Waals surface area contributed by atoms with Crippen LogP contribution in [0.4, 0.5) is 0 Å². The zero-order chi connectivity index (χ0) is 84.1. The first-order valence-corrected chi connectivity index (χ1v) is 42.8. The summed E-state index contributed by atoms with van der Waals surface area (Å²) >= 11 is 0. The molecule has 11 aliphatic rings. The van der Waals surface area contributed by atoms with E-state index < -0.39 is 21.7 Å². The third-order valence-electron chi connectivity index (χ3n) is 26.8. The molecule has 636 valence electrons. The van der Waals surface area contributed by atoms with Gasteiger partial charge < -0.3 is 58.3 Å². The lowest BCUT2D eigenvalue weighted by Crippen LogP contribution is -2.53. The van der Waals surface area contributed by atoms with Gasteiger partial charge in [-0.2, -0.15) is 0 Å². The van der Waals surface area contributed by atoms with E-state index in [4.69, 9.17) is 58.3 Å². The van der Waals surface area contributed by atoms with Gasteiger partial charge >= 0.3 is 47.8 Å². The van der Waals surface area contributed by atoms with E-state index in [0.717, 1.165) is 127 Å². The molecular weight excluding hydrogens is 1420 g/mol. The molecule has 0 aromatic heterocycles. The predicted molar refractivity (Wildman–Crippen MR) is 433 cm³/mol. The Balaban J connectivity index is 0.000000231. The second-order valence-corrected chi connectivity index (χ2v) is 37.6. The minimum atomic E-state index is -0.455. The van der Waals surface area contributed by atoms with Gasteiger partial charge in [-0.05, 0) is 289 Å². The van der Waals surface area contributed by atoms with Crippen molar-refractivity contribution in [3.63, 3.8) is 0 Å². The Bertz CT molecular complexity index is 3110. The van der Waals surface area contributed by atoms with Gasteiger partial charge in [0.25, 0.3) is 0 Å². The van der Waals surface area contributed by atoms with Gasteiger partial charge in [0.05, 0.1) is 57.5 Å². The molecule has 2 aromatic carbocycles. The number of hydrogen-bond donors (Lipinski definition) is 4. The zero-order valence-corrected chi connectivity index (χ0v) is 72.8. The van der Waals surface area contributed by atoms with E-state index in [0.29, 0.717) is 47.0 Å². The highest BCUT2D eigenvalue weighted by Gasteiger charge is 2.65. The Morgan fingerprint density at radius 1 is 0.429 bits per heavy atom. The van der Waals surface area contributed by atoms with Gasteiger partial charge in [-0.3, -0.25) is 38.4 Å². The van der Waals surface area contributed by atoms with Crippen LogP contribution < -0.4 is 0 Å². The van der Waals surface area contributed by atoms with Crippen LogP contribution in [-0.2, 0) is 76.3 Å². The highest BCUT2D eigenvalue weighted by atomic mass is 16.6. The number of aliphatic hydroxyl groups excluding tert-OH is 2. The van der Waals surface area contributed by atoms with Crippen molar-refractivity contribution >= 4 is 47.8 Å². The number of phenols is 2. The number of fused-ring (bicyclic) bond motifs is 2. The summed E-state index contributed by atoms with van der Waals surface area (Å²) in [5, 5.41) is 34.8. The predicted octanol–water partition coefficient (Wildman–Crippen LogP) is 18.8. The Morgan fingerprint density at radius 2 is 0.732 bits per heavy atom. The summed E-state index contributed by atoms with van der Waals surface area (Å²) in [6.45, 7) is 43.4. The summed E-state index contributed by atoms with van der Waals surface area (Å²) in [5.41, 5.74) is 0.146. The molecule has 2 saturated heterocycles. The fraction of sp³-hybridized carbons (Fsp3) is 0.783. The van der Waals surface area contributed by atoms with Crippen LogP contribution in [-0.4, -0.2) is 131 Å². The number of phenolic OH excluding ortho intramolecular Hbond substituents is 2. The summed E-state index contributed by atoms with van der Waals surface area (Å²) < 4.78 is 43.2. The number of ether oxygens (including phenoxy) is 8. The summed E-state index contributed by atoms with van der Waals surface area (Å²) in [6.07, 6.45) is 23.5. The molecule has 0 amide bonds. The highest BCUT2D eigenvalue weighted by Crippen LogP contribution is 2.59. The Morgan fingerprint density at radius 3 is 1.04 bits per heavy atom. The number of benzene rings is 2. The molecule has 11 fully saturated rings. The minimum absolute atomic E-state index is 0.0214. The van der Waals surface area contributed by atoms with E-state index in [9.17, 15) is 38.4 Å². The van der Waals surface area contributed by atoms with Crippen LogP contribution >= 0.6 is 0 Å². The van der Waals surface area contributed by atoms with Crippen LogP contribution in [0.5, 0.6) is 11.5 Å². The third-order valence-corrected chi connectivity index (χ3v) is 26.8. The quantitative estimate of drug-likeness (QED) is 0.0561. The molecule has 2 aromatic rings. The summed E-state index contributed by atoms with van der Waals surface area (Å²) in [7, 11) is 0. The molecule has 9 saturated carbocycles. The lowest BCUT2D eigenvalue weighted by Gasteiger charge is -2.56. The smallest absolute Gasteiger partial charge is 0.312 e. The van der Waals surface area contributed by atoms with Crippen molar-refractivity contribution in [3.05, 3.63) is 59.7 Å². The topological polar surface area (TPSA) is 291 Å². The maximum atomic E-state index is 12.4. The van der Waals surface area contributed by atoms with Gasteiger partial charge in [0.15, 0.2) is 0 Å². The van der Waals surface area contributed by atoms with Crippen LogP contribution in [0.3, 0.4) is 0 Å². The average molecular weight is 1570 g/mol. The average Bonchev–Trinajstić information content (AvgIpc) is 1.49. The first kappa shape index (κ1) is 96.3. The van der Waals surface area contributed by atoms with Crippen molar-refractivity contribution in [2.75, 3.05) is 26.4 Å². The molecule has 12 unspecified atom stereocenters. The van der Waals surface area contributed by atoms with Crippen molar-refractivity contribution in [1.82, 2.24) is 0 Å². The number of esters is 8. The number of hydrogen-bond acceptors (Lipinski definition) is 20. The lowest BCUT2D eigenvalue weighted by molar-refractivity contribution is -0.196. The van der Waals surface area contributed by atoms with E-state index in [1.54, 1.807) is 24.3 Å². The molecule has 8 bridgehead atoms. The van der Waals surface area contributed by atoms with Crippen molar-refractivity contribution in [2.45, 2.75) is 348 Å². The summed E-state index contributed by atoms with van der Waals surface area (Å²) in [5.74, 6) is 4.84. The van der Waals surface area contributed by atoms with Gasteiger partial charge in [0.1, 0.15) is 60.8 Å². The molecule has 20 nitrogen and oxygen atoms in total. The summed E-state index contributed by atoms with van der Waals surface area (Å²) in [4.78, 5) is 93.8. The Hall–Kier alpha value is -6.28.